The van der Waals surface area contributed by atoms with Crippen molar-refractivity contribution in [1.82, 2.24) is 14.5 Å². The minimum Gasteiger partial charge on any atom is -0.352 e. The Morgan fingerprint density at radius 1 is 0.963 bits per heavy atom. The molecule has 0 bridgehead atoms. The maximum Gasteiger partial charge on any atom is 0.244 e. The Labute approximate surface area is 156 Å². The molecular weight excluding hydrogens is 338 g/mol. The number of anilines is 2. The number of nitrogens with zero attached hydrogens (tertiary/aromatic N) is 3. The van der Waals surface area contributed by atoms with E-state index in [-0.39, 0.29) is 12.5 Å². The van der Waals surface area contributed by atoms with Gasteiger partial charge in [-0.1, -0.05) is 42.5 Å². The van der Waals surface area contributed by atoms with Gasteiger partial charge in [-0.3, -0.25) is 9.78 Å². The second-order valence-corrected chi connectivity index (χ2v) is 6.14. The van der Waals surface area contributed by atoms with Crippen LogP contribution in [-0.4, -0.2) is 20.4 Å². The van der Waals surface area contributed by atoms with Crippen LogP contribution < -0.4 is 10.6 Å². The molecule has 0 atom stereocenters. The zero-order valence-corrected chi connectivity index (χ0v) is 14.7. The molecule has 2 heterocycles. The summed E-state index contributed by atoms with van der Waals surface area (Å²) in [4.78, 5) is 21.2. The number of rotatable bonds is 6. The van der Waals surface area contributed by atoms with Crippen LogP contribution in [0.4, 0.5) is 11.6 Å². The SMILES string of the molecule is O=C(Cn1c(NCc2ccccc2)nc2ccccc21)Nc1cccnc1. The number of carbonyl (C=O) groups excluding carboxylic acids is 1. The zero-order valence-electron chi connectivity index (χ0n) is 14.7. The van der Waals surface area contributed by atoms with Gasteiger partial charge in [0.1, 0.15) is 6.54 Å². The molecule has 6 nitrogen and oxygen atoms in total. The predicted octanol–water partition coefficient (Wildman–Crippen LogP) is 3.68. The molecule has 0 fully saturated rings. The van der Waals surface area contributed by atoms with E-state index in [2.05, 4.69) is 32.7 Å². The molecule has 1 amide bonds. The Morgan fingerprint density at radius 2 is 1.78 bits per heavy atom. The van der Waals surface area contributed by atoms with Crippen LogP contribution in [-0.2, 0) is 17.9 Å². The van der Waals surface area contributed by atoms with Crippen LogP contribution >= 0.6 is 0 Å². The van der Waals surface area contributed by atoms with Crippen LogP contribution in [0.3, 0.4) is 0 Å². The Balaban J connectivity index is 1.57. The normalized spacial score (nSPS) is 10.7. The van der Waals surface area contributed by atoms with E-state index in [0.29, 0.717) is 18.2 Å². The molecule has 0 spiro atoms. The summed E-state index contributed by atoms with van der Waals surface area (Å²) >= 11 is 0. The van der Waals surface area contributed by atoms with E-state index in [9.17, 15) is 4.79 Å². The first kappa shape index (κ1) is 16.8. The molecule has 0 saturated carbocycles. The van der Waals surface area contributed by atoms with Gasteiger partial charge in [0.25, 0.3) is 0 Å². The Kier molecular flexibility index (Phi) is 4.78. The lowest BCUT2D eigenvalue weighted by atomic mass is 10.2. The standard InChI is InChI=1S/C21H19N5O/c27-20(24-17-9-6-12-22-14-17)15-26-19-11-5-4-10-18(19)25-21(26)23-13-16-7-2-1-3-8-16/h1-12,14H,13,15H2,(H,23,25)(H,24,27). The van der Waals surface area contributed by atoms with Gasteiger partial charge in [0.05, 0.1) is 22.9 Å². The number of para-hydroxylation sites is 2. The maximum atomic E-state index is 12.5. The van der Waals surface area contributed by atoms with Gasteiger partial charge in [-0.25, -0.2) is 4.98 Å². The van der Waals surface area contributed by atoms with Gasteiger partial charge >= 0.3 is 0 Å². The number of pyridine rings is 1. The predicted molar refractivity (Wildman–Crippen MR) is 106 cm³/mol. The number of benzene rings is 2. The van der Waals surface area contributed by atoms with Crippen molar-refractivity contribution < 1.29 is 4.79 Å². The quantitative estimate of drug-likeness (QED) is 0.552. The summed E-state index contributed by atoms with van der Waals surface area (Å²) in [6, 6.07) is 21.5. The van der Waals surface area contributed by atoms with Gasteiger partial charge < -0.3 is 15.2 Å². The van der Waals surface area contributed by atoms with Crippen LogP contribution in [0.25, 0.3) is 11.0 Å². The molecule has 4 aromatic rings. The van der Waals surface area contributed by atoms with Gasteiger partial charge in [-0.15, -0.1) is 0 Å². The minimum atomic E-state index is -0.131. The molecule has 2 N–H and O–H groups in total. The van der Waals surface area contributed by atoms with Crippen LogP contribution in [0.5, 0.6) is 0 Å². The molecule has 0 radical (unpaired) electrons. The lowest BCUT2D eigenvalue weighted by Crippen LogP contribution is -2.20. The largest absolute Gasteiger partial charge is 0.352 e. The fourth-order valence-electron chi connectivity index (χ4n) is 2.93. The number of hydrogen-bond donors (Lipinski definition) is 2. The monoisotopic (exact) mass is 357 g/mol. The highest BCUT2D eigenvalue weighted by Crippen LogP contribution is 2.20. The summed E-state index contributed by atoms with van der Waals surface area (Å²) in [7, 11) is 0. The summed E-state index contributed by atoms with van der Waals surface area (Å²) in [5.41, 5.74) is 3.58. The third kappa shape index (κ3) is 3.95. The van der Waals surface area contributed by atoms with Crippen molar-refractivity contribution in [1.29, 1.82) is 0 Å². The molecule has 0 aliphatic heterocycles. The molecule has 6 heteroatoms. The van der Waals surface area contributed by atoms with E-state index in [0.717, 1.165) is 16.6 Å². The van der Waals surface area contributed by atoms with E-state index < -0.39 is 0 Å². The molecule has 4 rings (SSSR count). The first-order chi connectivity index (χ1) is 13.3. The number of imidazole rings is 1. The van der Waals surface area contributed by atoms with Crippen molar-refractivity contribution in [3.05, 3.63) is 84.7 Å². The van der Waals surface area contributed by atoms with Crippen molar-refractivity contribution >= 4 is 28.6 Å². The number of amides is 1. The van der Waals surface area contributed by atoms with Crippen molar-refractivity contribution in [3.8, 4) is 0 Å². The average Bonchev–Trinajstić information content (AvgIpc) is 3.05. The zero-order chi connectivity index (χ0) is 18.5. The first-order valence-corrected chi connectivity index (χ1v) is 8.72. The van der Waals surface area contributed by atoms with E-state index in [1.54, 1.807) is 18.5 Å². The third-order valence-electron chi connectivity index (χ3n) is 4.20. The highest BCUT2D eigenvalue weighted by atomic mass is 16.1. The van der Waals surface area contributed by atoms with Crippen molar-refractivity contribution in [2.75, 3.05) is 10.6 Å². The summed E-state index contributed by atoms with van der Waals surface area (Å²) in [6.07, 6.45) is 3.29. The maximum absolute atomic E-state index is 12.5. The molecular formula is C21H19N5O. The highest BCUT2D eigenvalue weighted by Gasteiger charge is 2.13. The van der Waals surface area contributed by atoms with E-state index >= 15 is 0 Å². The highest BCUT2D eigenvalue weighted by molar-refractivity contribution is 5.92. The molecule has 0 aliphatic rings. The van der Waals surface area contributed by atoms with Gasteiger partial charge in [0.2, 0.25) is 11.9 Å². The summed E-state index contributed by atoms with van der Waals surface area (Å²) in [6.45, 7) is 0.793. The lowest BCUT2D eigenvalue weighted by molar-refractivity contribution is -0.116. The van der Waals surface area contributed by atoms with Gasteiger partial charge in [0.15, 0.2) is 0 Å². The molecule has 0 aliphatic carbocycles. The summed E-state index contributed by atoms with van der Waals surface area (Å²) < 4.78 is 1.89. The van der Waals surface area contributed by atoms with Crippen LogP contribution in [0.15, 0.2) is 79.1 Å². The molecule has 2 aromatic carbocycles. The minimum absolute atomic E-state index is 0.131. The molecule has 2 aromatic heterocycles. The van der Waals surface area contributed by atoms with Crippen LogP contribution in [0, 0.1) is 0 Å². The number of fused-ring (bicyclic) bond motifs is 1. The Morgan fingerprint density at radius 3 is 2.59 bits per heavy atom. The number of hydrogen-bond acceptors (Lipinski definition) is 4. The third-order valence-corrected chi connectivity index (χ3v) is 4.20. The molecule has 134 valence electrons. The molecule has 0 unspecified atom stereocenters. The smallest absolute Gasteiger partial charge is 0.244 e. The topological polar surface area (TPSA) is 71.8 Å². The van der Waals surface area contributed by atoms with Gasteiger partial charge in [-0.2, -0.15) is 0 Å². The molecule has 27 heavy (non-hydrogen) atoms. The second-order valence-electron chi connectivity index (χ2n) is 6.14. The average molecular weight is 357 g/mol. The van der Waals surface area contributed by atoms with Crippen molar-refractivity contribution in [2.24, 2.45) is 0 Å². The summed E-state index contributed by atoms with van der Waals surface area (Å²) in [5.74, 6) is 0.537. The Hall–Kier alpha value is -3.67. The first-order valence-electron chi connectivity index (χ1n) is 8.72. The number of nitrogens with one attached hydrogen (secondary N) is 2. The second kappa shape index (κ2) is 7.70. The fourth-order valence-corrected chi connectivity index (χ4v) is 2.93. The van der Waals surface area contributed by atoms with Crippen LogP contribution in [0.1, 0.15) is 5.56 Å². The van der Waals surface area contributed by atoms with Crippen LogP contribution in [0.2, 0.25) is 0 Å². The van der Waals surface area contributed by atoms with Crippen molar-refractivity contribution in [3.63, 3.8) is 0 Å². The lowest BCUT2D eigenvalue weighted by Gasteiger charge is -2.11. The van der Waals surface area contributed by atoms with E-state index in [1.165, 1.54) is 0 Å². The summed E-state index contributed by atoms with van der Waals surface area (Å²) in [5, 5.41) is 6.22. The van der Waals surface area contributed by atoms with E-state index in [1.807, 2.05) is 53.1 Å². The van der Waals surface area contributed by atoms with Gasteiger partial charge in [-0.05, 0) is 29.8 Å². The fraction of sp³-hybridized carbons (Fsp3) is 0.0952. The number of carbonyl (C=O) groups is 1. The number of aromatic nitrogens is 3. The Bertz CT molecular complexity index is 1040. The van der Waals surface area contributed by atoms with Gasteiger partial charge in [0, 0.05) is 12.7 Å². The molecule has 0 saturated heterocycles. The van der Waals surface area contributed by atoms with Crippen molar-refractivity contribution in [2.45, 2.75) is 13.1 Å². The van der Waals surface area contributed by atoms with E-state index in [4.69, 9.17) is 0 Å².